The van der Waals surface area contributed by atoms with Gasteiger partial charge < -0.3 is 14.8 Å². The maximum Gasteiger partial charge on any atom is 0.262 e. The molecule has 0 aliphatic carbocycles. The highest BCUT2D eigenvalue weighted by atomic mass is 16.5. The second kappa shape index (κ2) is 10.4. The van der Waals surface area contributed by atoms with Crippen LogP contribution in [0.4, 0.5) is 11.6 Å². The van der Waals surface area contributed by atoms with Gasteiger partial charge >= 0.3 is 0 Å². The summed E-state index contributed by atoms with van der Waals surface area (Å²) in [6.07, 6.45) is 1.55. The number of methoxy groups -OCH3 is 1. The van der Waals surface area contributed by atoms with Gasteiger partial charge in [0.1, 0.15) is 0 Å². The SMILES string of the molecule is COc1cc(/C=N/Nc2nc(C)cc(=O)[nH]2)ccc1OCC(=O)Nc1c(C)cc(C)cc1C. The van der Waals surface area contributed by atoms with E-state index in [0.717, 1.165) is 27.9 Å². The van der Waals surface area contributed by atoms with E-state index >= 15 is 0 Å². The van der Waals surface area contributed by atoms with E-state index in [1.54, 1.807) is 31.3 Å². The van der Waals surface area contributed by atoms with Gasteiger partial charge in [-0.2, -0.15) is 5.10 Å². The van der Waals surface area contributed by atoms with E-state index in [2.05, 4.69) is 25.8 Å². The summed E-state index contributed by atoms with van der Waals surface area (Å²) in [5.74, 6) is 0.867. The van der Waals surface area contributed by atoms with Crippen molar-refractivity contribution in [3.63, 3.8) is 0 Å². The highest BCUT2D eigenvalue weighted by Gasteiger charge is 2.11. The third kappa shape index (κ3) is 6.42. The molecule has 0 unspecified atom stereocenters. The summed E-state index contributed by atoms with van der Waals surface area (Å²) < 4.78 is 11.1. The van der Waals surface area contributed by atoms with Crippen molar-refractivity contribution in [2.24, 2.45) is 5.10 Å². The Morgan fingerprint density at radius 1 is 1.09 bits per heavy atom. The predicted octanol–water partition coefficient (Wildman–Crippen LogP) is 3.48. The van der Waals surface area contributed by atoms with Gasteiger partial charge in [-0.3, -0.25) is 14.6 Å². The number of amides is 1. The summed E-state index contributed by atoms with van der Waals surface area (Å²) in [4.78, 5) is 30.6. The van der Waals surface area contributed by atoms with Gasteiger partial charge in [0, 0.05) is 17.4 Å². The number of nitrogens with zero attached hydrogens (tertiary/aromatic N) is 2. The number of benzene rings is 2. The van der Waals surface area contributed by atoms with E-state index in [1.165, 1.54) is 13.2 Å². The topological polar surface area (TPSA) is 118 Å². The molecule has 3 rings (SSSR count). The van der Waals surface area contributed by atoms with Gasteiger partial charge in [-0.05, 0) is 62.6 Å². The molecule has 33 heavy (non-hydrogen) atoms. The molecule has 0 spiro atoms. The fraction of sp³-hybridized carbons (Fsp3) is 0.250. The van der Waals surface area contributed by atoms with Gasteiger partial charge in [0.2, 0.25) is 5.95 Å². The fourth-order valence-corrected chi connectivity index (χ4v) is 3.38. The number of aromatic nitrogens is 2. The zero-order valence-electron chi connectivity index (χ0n) is 19.3. The van der Waals surface area contributed by atoms with Crippen LogP contribution in [0.2, 0.25) is 0 Å². The van der Waals surface area contributed by atoms with Crippen LogP contribution in [0.3, 0.4) is 0 Å². The Balaban J connectivity index is 1.62. The average molecular weight is 450 g/mol. The first-order chi connectivity index (χ1) is 15.7. The first-order valence-electron chi connectivity index (χ1n) is 10.3. The number of anilines is 2. The molecule has 0 atom stereocenters. The zero-order valence-corrected chi connectivity index (χ0v) is 19.3. The maximum absolute atomic E-state index is 12.4. The van der Waals surface area contributed by atoms with Crippen molar-refractivity contribution in [3.8, 4) is 11.5 Å². The number of nitrogens with one attached hydrogen (secondary N) is 3. The second-order valence-corrected chi connectivity index (χ2v) is 7.63. The van der Waals surface area contributed by atoms with Gasteiger partial charge in [0.05, 0.1) is 13.3 Å². The number of hydrazone groups is 1. The molecule has 3 aromatic rings. The van der Waals surface area contributed by atoms with Gasteiger partial charge in [-0.25, -0.2) is 10.4 Å². The number of aromatic amines is 1. The normalized spacial score (nSPS) is 10.8. The van der Waals surface area contributed by atoms with Gasteiger partial charge in [-0.1, -0.05) is 17.7 Å². The van der Waals surface area contributed by atoms with Crippen LogP contribution in [0.25, 0.3) is 0 Å². The standard InChI is InChI=1S/C24H27N5O4/c1-14-8-15(2)23(16(3)9-14)27-22(31)13-33-19-7-6-18(11-20(19)32-5)12-25-29-24-26-17(4)10-21(30)28-24/h6-12H,13H2,1-5H3,(H,27,31)(H2,26,28,29,30)/b25-12+. The molecule has 0 bridgehead atoms. The largest absolute Gasteiger partial charge is 0.493 e. The number of hydrogen-bond acceptors (Lipinski definition) is 7. The van der Waals surface area contributed by atoms with Crippen molar-refractivity contribution in [3.05, 3.63) is 74.7 Å². The van der Waals surface area contributed by atoms with Crippen molar-refractivity contribution in [2.45, 2.75) is 27.7 Å². The third-order valence-corrected chi connectivity index (χ3v) is 4.74. The molecule has 0 fully saturated rings. The van der Waals surface area contributed by atoms with Gasteiger partial charge in [0.25, 0.3) is 11.5 Å². The average Bonchev–Trinajstić information content (AvgIpc) is 2.74. The zero-order chi connectivity index (χ0) is 24.0. The van der Waals surface area contributed by atoms with Gasteiger partial charge in [0.15, 0.2) is 18.1 Å². The molecule has 0 saturated carbocycles. The Bertz CT molecular complexity index is 1230. The number of carbonyl (C=O) groups excluding carboxylic acids is 1. The highest BCUT2D eigenvalue weighted by Crippen LogP contribution is 2.28. The van der Waals surface area contributed by atoms with E-state index in [9.17, 15) is 9.59 Å². The van der Waals surface area contributed by atoms with E-state index in [4.69, 9.17) is 9.47 Å². The lowest BCUT2D eigenvalue weighted by atomic mass is 10.1. The van der Waals surface area contributed by atoms with Crippen LogP contribution in [-0.4, -0.2) is 35.8 Å². The summed E-state index contributed by atoms with van der Waals surface area (Å²) in [5.41, 5.74) is 7.66. The lowest BCUT2D eigenvalue weighted by Crippen LogP contribution is -2.21. The highest BCUT2D eigenvalue weighted by molar-refractivity contribution is 5.93. The first-order valence-corrected chi connectivity index (χ1v) is 10.3. The number of hydrogen-bond donors (Lipinski definition) is 3. The van der Waals surface area contributed by atoms with E-state index in [-0.39, 0.29) is 24.0 Å². The lowest BCUT2D eigenvalue weighted by Gasteiger charge is -2.14. The molecule has 3 N–H and O–H groups in total. The maximum atomic E-state index is 12.4. The van der Waals surface area contributed by atoms with Crippen LogP contribution < -0.4 is 25.8 Å². The van der Waals surface area contributed by atoms with E-state index in [1.807, 2.05) is 32.9 Å². The molecule has 9 nitrogen and oxygen atoms in total. The molecular formula is C24H27N5O4. The Labute approximate surface area is 191 Å². The Hall–Kier alpha value is -4.14. The van der Waals surface area contributed by atoms with Crippen LogP contribution in [0.5, 0.6) is 11.5 Å². The monoisotopic (exact) mass is 449 g/mol. The number of aryl methyl sites for hydroxylation is 4. The van der Waals surface area contributed by atoms with Crippen molar-refractivity contribution in [1.82, 2.24) is 9.97 Å². The van der Waals surface area contributed by atoms with Crippen LogP contribution in [0.15, 0.2) is 46.3 Å². The minimum Gasteiger partial charge on any atom is -0.493 e. The Morgan fingerprint density at radius 3 is 2.48 bits per heavy atom. The number of ether oxygens (including phenoxy) is 2. The molecule has 1 aromatic heterocycles. The minimum atomic E-state index is -0.264. The summed E-state index contributed by atoms with van der Waals surface area (Å²) >= 11 is 0. The van der Waals surface area contributed by atoms with E-state index < -0.39 is 0 Å². The molecule has 9 heteroatoms. The second-order valence-electron chi connectivity index (χ2n) is 7.63. The number of H-pyrrole nitrogens is 1. The van der Waals surface area contributed by atoms with Gasteiger partial charge in [-0.15, -0.1) is 0 Å². The summed E-state index contributed by atoms with van der Waals surface area (Å²) in [7, 11) is 1.52. The van der Waals surface area contributed by atoms with Crippen LogP contribution in [0.1, 0.15) is 27.9 Å². The number of rotatable bonds is 8. The lowest BCUT2D eigenvalue weighted by molar-refractivity contribution is -0.118. The summed E-state index contributed by atoms with van der Waals surface area (Å²) in [5, 5.41) is 6.99. The third-order valence-electron chi connectivity index (χ3n) is 4.74. The van der Waals surface area contributed by atoms with Crippen LogP contribution in [-0.2, 0) is 4.79 Å². The molecule has 2 aromatic carbocycles. The molecule has 0 saturated heterocycles. The first kappa shape index (κ1) is 23.5. The minimum absolute atomic E-state index is 0.162. The molecule has 0 radical (unpaired) electrons. The summed E-state index contributed by atoms with van der Waals surface area (Å²) in [6.45, 7) is 7.50. The Kier molecular flexibility index (Phi) is 7.45. The quantitative estimate of drug-likeness (QED) is 0.358. The van der Waals surface area contributed by atoms with E-state index in [0.29, 0.717) is 17.2 Å². The Morgan fingerprint density at radius 2 is 1.82 bits per heavy atom. The molecule has 0 aliphatic heterocycles. The van der Waals surface area contributed by atoms with Crippen molar-refractivity contribution < 1.29 is 14.3 Å². The van der Waals surface area contributed by atoms with Crippen LogP contribution >= 0.6 is 0 Å². The molecule has 172 valence electrons. The summed E-state index contributed by atoms with van der Waals surface area (Å²) in [6, 6.07) is 10.6. The van der Waals surface area contributed by atoms with Crippen LogP contribution in [0, 0.1) is 27.7 Å². The van der Waals surface area contributed by atoms with Crippen molar-refractivity contribution >= 4 is 23.8 Å². The van der Waals surface area contributed by atoms with Crippen molar-refractivity contribution in [2.75, 3.05) is 24.5 Å². The molecule has 0 aliphatic rings. The molecule has 1 heterocycles. The fourth-order valence-electron chi connectivity index (χ4n) is 3.38. The predicted molar refractivity (Wildman–Crippen MR) is 129 cm³/mol. The molecule has 1 amide bonds. The number of carbonyl (C=O) groups is 1. The van der Waals surface area contributed by atoms with Crippen molar-refractivity contribution in [1.29, 1.82) is 0 Å². The smallest absolute Gasteiger partial charge is 0.262 e. The molecular weight excluding hydrogens is 422 g/mol.